The van der Waals surface area contributed by atoms with Crippen LogP contribution in [0.25, 0.3) is 0 Å². The molecule has 0 aliphatic rings. The Bertz CT molecular complexity index is 377. The maximum Gasteiger partial charge on any atom is 0.124 e. The molecule has 0 amide bonds. The minimum Gasteiger partial charge on any atom is -0.384 e. The normalized spacial score (nSPS) is 11.2. The molecule has 0 bridgehead atoms. The molecule has 0 aromatic heterocycles. The molecule has 1 aromatic carbocycles. The minimum atomic E-state index is 0.122. The molecular weight excluding hydrogens is 198 g/mol. The molecule has 0 fully saturated rings. The molecule has 0 atom stereocenters. The SMILES string of the molecule is CN(CC(C)(C)C)c1ccccc1C(=N)N. The van der Waals surface area contributed by atoms with E-state index in [-0.39, 0.29) is 11.3 Å². The van der Waals surface area contributed by atoms with Gasteiger partial charge in [0.05, 0.1) is 0 Å². The van der Waals surface area contributed by atoms with Gasteiger partial charge in [0, 0.05) is 24.8 Å². The zero-order valence-corrected chi connectivity index (χ0v) is 10.5. The summed E-state index contributed by atoms with van der Waals surface area (Å²) < 4.78 is 0. The molecule has 0 aliphatic heterocycles. The van der Waals surface area contributed by atoms with Gasteiger partial charge in [0.2, 0.25) is 0 Å². The van der Waals surface area contributed by atoms with Crippen LogP contribution in [0.3, 0.4) is 0 Å². The van der Waals surface area contributed by atoms with Crippen molar-refractivity contribution in [3.05, 3.63) is 29.8 Å². The number of nitrogens with one attached hydrogen (secondary N) is 1. The van der Waals surface area contributed by atoms with Crippen LogP contribution in [0.2, 0.25) is 0 Å². The van der Waals surface area contributed by atoms with Crippen molar-refractivity contribution in [3.8, 4) is 0 Å². The van der Waals surface area contributed by atoms with Gasteiger partial charge in [0.15, 0.2) is 0 Å². The zero-order chi connectivity index (χ0) is 12.3. The van der Waals surface area contributed by atoms with Gasteiger partial charge in [-0.1, -0.05) is 32.9 Å². The number of nitrogen functional groups attached to an aromatic ring is 1. The van der Waals surface area contributed by atoms with Gasteiger partial charge in [-0.25, -0.2) is 0 Å². The van der Waals surface area contributed by atoms with E-state index in [0.717, 1.165) is 17.8 Å². The Kier molecular flexibility index (Phi) is 3.58. The Labute approximate surface area is 97.8 Å². The lowest BCUT2D eigenvalue weighted by Gasteiger charge is -2.29. The number of nitrogens with two attached hydrogens (primary N) is 1. The van der Waals surface area contributed by atoms with Crippen LogP contribution >= 0.6 is 0 Å². The van der Waals surface area contributed by atoms with Gasteiger partial charge in [-0.05, 0) is 17.5 Å². The highest BCUT2D eigenvalue weighted by molar-refractivity contribution is 6.00. The highest BCUT2D eigenvalue weighted by Gasteiger charge is 2.16. The van der Waals surface area contributed by atoms with Gasteiger partial charge in [-0.2, -0.15) is 0 Å². The molecule has 0 radical (unpaired) electrons. The van der Waals surface area contributed by atoms with Crippen molar-refractivity contribution in [3.63, 3.8) is 0 Å². The van der Waals surface area contributed by atoms with E-state index in [1.807, 2.05) is 31.3 Å². The smallest absolute Gasteiger partial charge is 0.124 e. The fourth-order valence-corrected chi connectivity index (χ4v) is 1.83. The standard InChI is InChI=1S/C13H21N3/c1-13(2,3)9-16(4)11-8-6-5-7-10(11)12(14)15/h5-8H,9H2,1-4H3,(H3,14,15). The molecule has 0 saturated heterocycles. The third-order valence-electron chi connectivity index (χ3n) is 2.32. The number of nitrogens with zero attached hydrogens (tertiary/aromatic N) is 1. The fourth-order valence-electron chi connectivity index (χ4n) is 1.83. The van der Waals surface area contributed by atoms with Crippen LogP contribution in [-0.4, -0.2) is 19.4 Å². The average Bonchev–Trinajstić information content (AvgIpc) is 2.15. The average molecular weight is 219 g/mol. The number of hydrogen-bond donors (Lipinski definition) is 2. The van der Waals surface area contributed by atoms with Crippen LogP contribution in [0.5, 0.6) is 0 Å². The number of hydrogen-bond acceptors (Lipinski definition) is 2. The molecule has 88 valence electrons. The van der Waals surface area contributed by atoms with Crippen molar-refractivity contribution in [1.82, 2.24) is 0 Å². The van der Waals surface area contributed by atoms with E-state index < -0.39 is 0 Å². The Morgan fingerprint density at radius 2 is 1.88 bits per heavy atom. The van der Waals surface area contributed by atoms with Crippen molar-refractivity contribution in [1.29, 1.82) is 5.41 Å². The van der Waals surface area contributed by atoms with Crippen LogP contribution in [0.15, 0.2) is 24.3 Å². The number of rotatable bonds is 3. The van der Waals surface area contributed by atoms with Gasteiger partial charge >= 0.3 is 0 Å². The van der Waals surface area contributed by atoms with Crippen LogP contribution < -0.4 is 10.6 Å². The summed E-state index contributed by atoms with van der Waals surface area (Å²) in [6.45, 7) is 7.51. The third-order valence-corrected chi connectivity index (χ3v) is 2.32. The molecule has 16 heavy (non-hydrogen) atoms. The number of para-hydroxylation sites is 1. The van der Waals surface area contributed by atoms with Gasteiger partial charge < -0.3 is 10.6 Å². The molecule has 1 rings (SSSR count). The molecule has 0 aliphatic carbocycles. The number of anilines is 1. The summed E-state index contributed by atoms with van der Waals surface area (Å²) in [5, 5.41) is 7.55. The van der Waals surface area contributed by atoms with Crippen LogP contribution in [0.4, 0.5) is 5.69 Å². The number of amidine groups is 1. The predicted molar refractivity (Wildman–Crippen MR) is 70.2 cm³/mol. The van der Waals surface area contributed by atoms with Crippen molar-refractivity contribution in [2.45, 2.75) is 20.8 Å². The molecule has 0 heterocycles. The molecule has 1 aromatic rings. The van der Waals surface area contributed by atoms with Gasteiger partial charge in [-0.15, -0.1) is 0 Å². The summed E-state index contributed by atoms with van der Waals surface area (Å²) in [6, 6.07) is 7.77. The second-order valence-corrected chi connectivity index (χ2v) is 5.35. The van der Waals surface area contributed by atoms with E-state index in [4.69, 9.17) is 11.1 Å². The van der Waals surface area contributed by atoms with Gasteiger partial charge in [-0.3, -0.25) is 5.41 Å². The van der Waals surface area contributed by atoms with Crippen LogP contribution in [0.1, 0.15) is 26.3 Å². The second kappa shape index (κ2) is 4.56. The van der Waals surface area contributed by atoms with Crippen molar-refractivity contribution in [2.75, 3.05) is 18.5 Å². The summed E-state index contributed by atoms with van der Waals surface area (Å²) in [4.78, 5) is 2.15. The fraction of sp³-hybridized carbons (Fsp3) is 0.462. The molecule has 3 nitrogen and oxygen atoms in total. The monoisotopic (exact) mass is 219 g/mol. The topological polar surface area (TPSA) is 53.1 Å². The lowest BCUT2D eigenvalue weighted by atomic mass is 9.95. The van der Waals surface area contributed by atoms with E-state index in [0.29, 0.717) is 0 Å². The highest BCUT2D eigenvalue weighted by atomic mass is 15.1. The minimum absolute atomic E-state index is 0.122. The van der Waals surface area contributed by atoms with Crippen LogP contribution in [-0.2, 0) is 0 Å². The summed E-state index contributed by atoms with van der Waals surface area (Å²) in [7, 11) is 2.03. The number of benzene rings is 1. The van der Waals surface area contributed by atoms with Gasteiger partial charge in [0.1, 0.15) is 5.84 Å². The first-order chi connectivity index (χ1) is 7.31. The lowest BCUT2D eigenvalue weighted by Crippen LogP contribution is -2.30. The molecule has 0 saturated carbocycles. The summed E-state index contributed by atoms with van der Waals surface area (Å²) >= 11 is 0. The van der Waals surface area contributed by atoms with E-state index >= 15 is 0 Å². The Morgan fingerprint density at radius 3 is 2.38 bits per heavy atom. The van der Waals surface area contributed by atoms with Crippen molar-refractivity contribution >= 4 is 11.5 Å². The molecule has 0 unspecified atom stereocenters. The summed E-state index contributed by atoms with van der Waals surface area (Å²) in [5.41, 5.74) is 7.61. The second-order valence-electron chi connectivity index (χ2n) is 5.35. The van der Waals surface area contributed by atoms with E-state index in [9.17, 15) is 0 Å². The lowest BCUT2D eigenvalue weighted by molar-refractivity contribution is 0.419. The quantitative estimate of drug-likeness (QED) is 0.606. The maximum absolute atomic E-state index is 7.55. The first kappa shape index (κ1) is 12.6. The highest BCUT2D eigenvalue weighted by Crippen LogP contribution is 2.23. The van der Waals surface area contributed by atoms with Gasteiger partial charge in [0.25, 0.3) is 0 Å². The molecule has 3 heteroatoms. The zero-order valence-electron chi connectivity index (χ0n) is 10.5. The van der Waals surface area contributed by atoms with Crippen molar-refractivity contribution in [2.24, 2.45) is 11.1 Å². The predicted octanol–water partition coefficient (Wildman–Crippen LogP) is 2.45. The molecule has 3 N–H and O–H groups in total. The maximum atomic E-state index is 7.55. The molecular formula is C13H21N3. The van der Waals surface area contributed by atoms with E-state index in [2.05, 4.69) is 25.7 Å². The first-order valence-corrected chi connectivity index (χ1v) is 5.46. The van der Waals surface area contributed by atoms with E-state index in [1.54, 1.807) is 0 Å². The van der Waals surface area contributed by atoms with Crippen molar-refractivity contribution < 1.29 is 0 Å². The molecule has 0 spiro atoms. The Balaban J connectivity index is 2.99. The summed E-state index contributed by atoms with van der Waals surface area (Å²) in [6.07, 6.45) is 0. The Morgan fingerprint density at radius 1 is 1.31 bits per heavy atom. The third kappa shape index (κ3) is 3.26. The Hall–Kier alpha value is -1.51. The first-order valence-electron chi connectivity index (χ1n) is 5.46. The van der Waals surface area contributed by atoms with Crippen LogP contribution in [0, 0.1) is 10.8 Å². The van der Waals surface area contributed by atoms with E-state index in [1.165, 1.54) is 0 Å². The largest absolute Gasteiger partial charge is 0.384 e. The summed E-state index contributed by atoms with van der Waals surface area (Å²) in [5.74, 6) is 0.122.